The number of hydrogen-bond donors (Lipinski definition) is 4. The summed E-state index contributed by atoms with van der Waals surface area (Å²) < 4.78 is 0. The summed E-state index contributed by atoms with van der Waals surface area (Å²) >= 11 is 12.9. The molecule has 1 rings (SSSR count). The van der Waals surface area contributed by atoms with E-state index in [-0.39, 0.29) is 23.5 Å². The van der Waals surface area contributed by atoms with E-state index >= 15 is 0 Å². The zero-order chi connectivity index (χ0) is 15.1. The molecule has 0 aromatic heterocycles. The maximum Gasteiger partial charge on any atom is 0.225 e. The molecule has 20 heavy (non-hydrogen) atoms. The first kappa shape index (κ1) is 16.6. The molecule has 6 nitrogen and oxygen atoms in total. The van der Waals surface area contributed by atoms with Crippen molar-refractivity contribution in [1.82, 2.24) is 0 Å². The van der Waals surface area contributed by atoms with Crippen LogP contribution in [0.15, 0.2) is 23.2 Å². The van der Waals surface area contributed by atoms with Crippen LogP contribution >= 0.6 is 35.0 Å². The lowest BCUT2D eigenvalue weighted by Crippen LogP contribution is -2.23. The summed E-state index contributed by atoms with van der Waals surface area (Å²) in [6.07, 6.45) is 0.175. The van der Waals surface area contributed by atoms with Gasteiger partial charge in [0.05, 0.1) is 15.7 Å². The summed E-state index contributed by atoms with van der Waals surface area (Å²) in [6.45, 7) is 0. The van der Waals surface area contributed by atoms with Crippen LogP contribution in [0.5, 0.6) is 0 Å². The number of amidine groups is 1. The van der Waals surface area contributed by atoms with Crippen LogP contribution in [0.2, 0.25) is 10.0 Å². The van der Waals surface area contributed by atoms with Crippen molar-refractivity contribution >= 4 is 57.7 Å². The van der Waals surface area contributed by atoms with E-state index in [9.17, 15) is 4.79 Å². The van der Waals surface area contributed by atoms with E-state index in [0.29, 0.717) is 21.5 Å². The highest BCUT2D eigenvalue weighted by Gasteiger charge is 2.09. The number of para-hydroxylation sites is 1. The van der Waals surface area contributed by atoms with Crippen molar-refractivity contribution in [1.29, 1.82) is 5.41 Å². The molecule has 0 unspecified atom stereocenters. The summed E-state index contributed by atoms with van der Waals surface area (Å²) in [6, 6.07) is 4.95. The van der Waals surface area contributed by atoms with E-state index in [1.807, 2.05) is 0 Å². The third-order valence-corrected chi connectivity index (χ3v) is 3.43. The second-order valence-corrected chi connectivity index (χ2v) is 5.48. The van der Waals surface area contributed by atoms with Crippen molar-refractivity contribution in [3.8, 4) is 0 Å². The Bertz CT molecular complexity index is 525. The highest BCUT2D eigenvalue weighted by Crippen LogP contribution is 2.29. The fourth-order valence-corrected chi connectivity index (χ4v) is 2.35. The summed E-state index contributed by atoms with van der Waals surface area (Å²) in [4.78, 5) is 15.3. The van der Waals surface area contributed by atoms with Gasteiger partial charge in [-0.25, -0.2) is 0 Å². The first-order valence-electron chi connectivity index (χ1n) is 5.45. The van der Waals surface area contributed by atoms with E-state index in [1.165, 1.54) is 0 Å². The maximum atomic E-state index is 11.7. The van der Waals surface area contributed by atoms with Crippen LogP contribution in [0.3, 0.4) is 0 Å². The van der Waals surface area contributed by atoms with E-state index in [4.69, 9.17) is 40.1 Å². The highest BCUT2D eigenvalue weighted by atomic mass is 35.5. The topological polar surface area (TPSA) is 117 Å². The van der Waals surface area contributed by atoms with Crippen LogP contribution in [-0.2, 0) is 4.79 Å². The van der Waals surface area contributed by atoms with Gasteiger partial charge in [-0.3, -0.25) is 10.2 Å². The number of carbonyl (C=O) groups excluding carboxylic acids is 1. The molecule has 6 N–H and O–H groups in total. The van der Waals surface area contributed by atoms with Gasteiger partial charge in [0, 0.05) is 12.2 Å². The van der Waals surface area contributed by atoms with Crippen LogP contribution in [-0.4, -0.2) is 22.8 Å². The predicted molar refractivity (Wildman–Crippen MR) is 85.7 cm³/mol. The monoisotopic (exact) mass is 333 g/mol. The largest absolute Gasteiger partial charge is 0.370 e. The standard InChI is InChI=1S/C11H13Cl2N5OS/c12-6-2-1-3-7(13)9(6)17-8(19)4-5-20-11(16)18-10(14)15/h1-3H,4-5H2,(H,17,19)(H5,14,15,16,18). The van der Waals surface area contributed by atoms with Crippen molar-refractivity contribution in [3.63, 3.8) is 0 Å². The van der Waals surface area contributed by atoms with Gasteiger partial charge in [-0.1, -0.05) is 41.0 Å². The van der Waals surface area contributed by atoms with Crippen molar-refractivity contribution < 1.29 is 4.79 Å². The zero-order valence-electron chi connectivity index (χ0n) is 10.3. The van der Waals surface area contributed by atoms with Gasteiger partial charge in [-0.15, -0.1) is 0 Å². The minimum Gasteiger partial charge on any atom is -0.370 e. The van der Waals surface area contributed by atoms with Gasteiger partial charge in [0.1, 0.15) is 0 Å². The van der Waals surface area contributed by atoms with Crippen LogP contribution in [0.25, 0.3) is 0 Å². The zero-order valence-corrected chi connectivity index (χ0v) is 12.6. The molecule has 0 fully saturated rings. The molecule has 1 aromatic rings. The third kappa shape index (κ3) is 5.68. The number of carbonyl (C=O) groups is 1. The van der Waals surface area contributed by atoms with Crippen LogP contribution < -0.4 is 16.8 Å². The Kier molecular flexibility index (Phi) is 6.63. The van der Waals surface area contributed by atoms with Gasteiger partial charge in [-0.05, 0) is 12.1 Å². The van der Waals surface area contributed by atoms with Crippen molar-refractivity contribution in [2.75, 3.05) is 11.1 Å². The van der Waals surface area contributed by atoms with Gasteiger partial charge in [0.15, 0.2) is 11.1 Å². The first-order chi connectivity index (χ1) is 9.40. The Morgan fingerprint density at radius 2 is 1.95 bits per heavy atom. The van der Waals surface area contributed by atoms with E-state index in [0.717, 1.165) is 11.8 Å². The highest BCUT2D eigenvalue weighted by molar-refractivity contribution is 8.13. The lowest BCUT2D eigenvalue weighted by atomic mass is 10.3. The Labute approximate surface area is 130 Å². The SMILES string of the molecule is N=C(N=C(N)N)SCCC(=O)Nc1c(Cl)cccc1Cl. The number of rotatable bonds is 4. The summed E-state index contributed by atoms with van der Waals surface area (Å²) in [7, 11) is 0. The average Bonchev–Trinajstić information content (AvgIpc) is 2.33. The molecule has 0 radical (unpaired) electrons. The number of thioether (sulfide) groups is 1. The van der Waals surface area contributed by atoms with E-state index < -0.39 is 0 Å². The van der Waals surface area contributed by atoms with Gasteiger partial charge >= 0.3 is 0 Å². The number of aliphatic imine (C=N–C) groups is 1. The van der Waals surface area contributed by atoms with Gasteiger partial charge in [0.25, 0.3) is 0 Å². The number of halogens is 2. The molecule has 108 valence electrons. The van der Waals surface area contributed by atoms with Crippen molar-refractivity contribution in [2.24, 2.45) is 16.5 Å². The van der Waals surface area contributed by atoms with Crippen molar-refractivity contribution in [3.05, 3.63) is 28.2 Å². The number of nitrogens with two attached hydrogens (primary N) is 2. The molecule has 0 saturated carbocycles. The number of guanidine groups is 1. The second kappa shape index (κ2) is 7.98. The van der Waals surface area contributed by atoms with E-state index in [2.05, 4.69) is 10.3 Å². The van der Waals surface area contributed by atoms with Crippen LogP contribution in [0.4, 0.5) is 5.69 Å². The number of nitrogens with one attached hydrogen (secondary N) is 2. The number of benzene rings is 1. The summed E-state index contributed by atoms with van der Waals surface area (Å²) in [5.41, 5.74) is 10.6. The number of nitrogens with zero attached hydrogens (tertiary/aromatic N) is 1. The Balaban J connectivity index is 2.45. The second-order valence-electron chi connectivity index (χ2n) is 3.59. The predicted octanol–water partition coefficient (Wildman–Crippen LogP) is 2.26. The quantitative estimate of drug-likeness (QED) is 0.499. The number of hydrogen-bond acceptors (Lipinski definition) is 3. The first-order valence-corrected chi connectivity index (χ1v) is 7.19. The lowest BCUT2D eigenvalue weighted by Gasteiger charge is -2.08. The minimum absolute atomic E-state index is 0.0476. The molecule has 0 saturated heterocycles. The Morgan fingerprint density at radius 1 is 1.35 bits per heavy atom. The Morgan fingerprint density at radius 3 is 2.50 bits per heavy atom. The van der Waals surface area contributed by atoms with Crippen LogP contribution in [0, 0.1) is 5.41 Å². The molecule has 0 aliphatic heterocycles. The van der Waals surface area contributed by atoms with Crippen molar-refractivity contribution in [2.45, 2.75) is 6.42 Å². The molecule has 1 amide bonds. The minimum atomic E-state index is -0.259. The van der Waals surface area contributed by atoms with Gasteiger partial charge < -0.3 is 16.8 Å². The fraction of sp³-hybridized carbons (Fsp3) is 0.182. The molecule has 0 aliphatic carbocycles. The van der Waals surface area contributed by atoms with Gasteiger partial charge in [-0.2, -0.15) is 4.99 Å². The molecule has 0 spiro atoms. The number of amides is 1. The van der Waals surface area contributed by atoms with Crippen LogP contribution in [0.1, 0.15) is 6.42 Å². The number of anilines is 1. The lowest BCUT2D eigenvalue weighted by molar-refractivity contribution is -0.115. The average molecular weight is 334 g/mol. The molecular weight excluding hydrogens is 321 g/mol. The summed E-state index contributed by atoms with van der Waals surface area (Å²) in [5.74, 6) is -0.0800. The molecule has 1 aromatic carbocycles. The normalized spacial score (nSPS) is 9.90. The molecule has 0 heterocycles. The Hall–Kier alpha value is -1.44. The van der Waals surface area contributed by atoms with E-state index in [1.54, 1.807) is 18.2 Å². The molecule has 0 atom stereocenters. The smallest absolute Gasteiger partial charge is 0.225 e. The maximum absolute atomic E-state index is 11.7. The molecule has 0 aliphatic rings. The summed E-state index contributed by atoms with van der Waals surface area (Å²) in [5, 5.41) is 10.7. The fourth-order valence-electron chi connectivity index (χ4n) is 1.21. The third-order valence-electron chi connectivity index (χ3n) is 2.03. The van der Waals surface area contributed by atoms with Gasteiger partial charge in [0.2, 0.25) is 5.91 Å². The molecule has 0 bridgehead atoms. The molecular formula is C11H13Cl2N5OS. The molecule has 9 heteroatoms.